The fourth-order valence-corrected chi connectivity index (χ4v) is 4.11. The number of ether oxygens (including phenoxy) is 1. The maximum atomic E-state index is 8.63. The maximum Gasteiger partial charge on any atom is 0.215 e. The van der Waals surface area contributed by atoms with E-state index in [1.165, 1.54) is 37.1 Å². The van der Waals surface area contributed by atoms with E-state index in [0.29, 0.717) is 6.61 Å². The van der Waals surface area contributed by atoms with Gasteiger partial charge in [0.25, 0.3) is 0 Å². The van der Waals surface area contributed by atoms with Crippen molar-refractivity contribution in [2.24, 2.45) is 0 Å². The fraction of sp³-hybridized carbons (Fsp3) is 0.500. The van der Waals surface area contributed by atoms with Crippen molar-refractivity contribution in [1.29, 1.82) is 5.41 Å². The van der Waals surface area contributed by atoms with E-state index in [0.717, 1.165) is 49.5 Å². The highest BCUT2D eigenvalue weighted by Gasteiger charge is 2.14. The van der Waals surface area contributed by atoms with E-state index < -0.39 is 0 Å². The Balaban J connectivity index is 1.67. The summed E-state index contributed by atoms with van der Waals surface area (Å²) in [5, 5.41) is 12.1. The van der Waals surface area contributed by atoms with Crippen LogP contribution in [0.3, 0.4) is 0 Å². The number of nitrogens with one attached hydrogen (secondary N) is 2. The van der Waals surface area contributed by atoms with E-state index in [1.54, 1.807) is 0 Å². The Morgan fingerprint density at radius 3 is 2.45 bits per heavy atom. The number of anilines is 2. The monoisotopic (exact) mass is 422 g/mol. The van der Waals surface area contributed by atoms with Crippen molar-refractivity contribution in [2.75, 3.05) is 49.5 Å². The summed E-state index contributed by atoms with van der Waals surface area (Å²) >= 11 is 0. The molecule has 1 saturated heterocycles. The van der Waals surface area contributed by atoms with E-state index in [-0.39, 0.29) is 5.90 Å². The number of benzene rings is 2. The lowest BCUT2D eigenvalue weighted by Crippen LogP contribution is -2.23. The van der Waals surface area contributed by atoms with Crippen LogP contribution < -0.4 is 10.2 Å². The van der Waals surface area contributed by atoms with Crippen LogP contribution in [-0.2, 0) is 11.3 Å². The molecule has 0 saturated carbocycles. The average molecular weight is 423 g/mol. The van der Waals surface area contributed by atoms with Crippen molar-refractivity contribution in [1.82, 2.24) is 4.90 Å². The van der Waals surface area contributed by atoms with Gasteiger partial charge in [-0.3, -0.25) is 5.41 Å². The Morgan fingerprint density at radius 2 is 1.77 bits per heavy atom. The zero-order valence-electron chi connectivity index (χ0n) is 19.4. The van der Waals surface area contributed by atoms with Gasteiger partial charge in [0.05, 0.1) is 12.2 Å². The highest BCUT2D eigenvalue weighted by atomic mass is 16.5. The van der Waals surface area contributed by atoms with Gasteiger partial charge in [-0.25, -0.2) is 0 Å². The van der Waals surface area contributed by atoms with Gasteiger partial charge in [-0.05, 0) is 76.9 Å². The first-order valence-corrected chi connectivity index (χ1v) is 11.7. The molecule has 3 rings (SSSR count). The third-order valence-corrected chi connectivity index (χ3v) is 6.04. The molecular weight excluding hydrogens is 384 g/mol. The molecule has 0 spiro atoms. The van der Waals surface area contributed by atoms with Crippen LogP contribution in [0.1, 0.15) is 49.8 Å². The molecule has 2 N–H and O–H groups in total. The number of hydrogen-bond acceptors (Lipinski definition) is 5. The van der Waals surface area contributed by atoms with Crippen molar-refractivity contribution < 1.29 is 4.74 Å². The second-order valence-electron chi connectivity index (χ2n) is 8.32. The second kappa shape index (κ2) is 11.8. The van der Waals surface area contributed by atoms with Gasteiger partial charge in [-0.15, -0.1) is 0 Å². The van der Waals surface area contributed by atoms with Gasteiger partial charge < -0.3 is 19.9 Å². The average Bonchev–Trinajstić information content (AvgIpc) is 3.31. The van der Waals surface area contributed by atoms with Crippen LogP contribution in [0.25, 0.3) is 0 Å². The third kappa shape index (κ3) is 6.73. The van der Waals surface area contributed by atoms with Gasteiger partial charge in [0.2, 0.25) is 5.90 Å². The van der Waals surface area contributed by atoms with E-state index in [2.05, 4.69) is 78.4 Å². The van der Waals surface area contributed by atoms with Crippen LogP contribution in [0.2, 0.25) is 0 Å². The quantitative estimate of drug-likeness (QED) is 0.294. The first-order chi connectivity index (χ1) is 15.1. The molecule has 5 heteroatoms. The topological polar surface area (TPSA) is 51.6 Å². The minimum Gasteiger partial charge on any atom is -0.478 e. The summed E-state index contributed by atoms with van der Waals surface area (Å²) < 4.78 is 5.90. The highest BCUT2D eigenvalue weighted by molar-refractivity contribution is 5.98. The summed E-state index contributed by atoms with van der Waals surface area (Å²) in [5.74, 6) is 0.252. The van der Waals surface area contributed by atoms with Gasteiger partial charge in [0, 0.05) is 37.6 Å². The molecule has 1 aliphatic heterocycles. The molecule has 2 aromatic rings. The molecule has 1 heterocycles. The third-order valence-electron chi connectivity index (χ3n) is 6.04. The Labute approximate surface area is 187 Å². The highest BCUT2D eigenvalue weighted by Crippen LogP contribution is 2.25. The lowest BCUT2D eigenvalue weighted by molar-refractivity contribution is 0.254. The van der Waals surface area contributed by atoms with E-state index >= 15 is 0 Å². The number of rotatable bonds is 11. The molecule has 5 nitrogen and oxygen atoms in total. The summed E-state index contributed by atoms with van der Waals surface area (Å²) in [5.41, 5.74) is 5.39. The van der Waals surface area contributed by atoms with Crippen molar-refractivity contribution in [3.8, 4) is 0 Å². The predicted octanol–water partition coefficient (Wildman–Crippen LogP) is 5.28. The van der Waals surface area contributed by atoms with Crippen molar-refractivity contribution in [3.05, 3.63) is 59.2 Å². The maximum absolute atomic E-state index is 8.63. The Hall–Kier alpha value is -2.53. The number of hydrogen-bond donors (Lipinski definition) is 2. The number of aryl methyl sites for hydroxylation is 1. The Kier molecular flexibility index (Phi) is 8.77. The van der Waals surface area contributed by atoms with Gasteiger partial charge in [-0.2, -0.15) is 0 Å². The van der Waals surface area contributed by atoms with Crippen LogP contribution >= 0.6 is 0 Å². The number of nitrogens with zero attached hydrogens (tertiary/aromatic N) is 2. The zero-order chi connectivity index (χ0) is 22.1. The summed E-state index contributed by atoms with van der Waals surface area (Å²) in [6, 6.07) is 14.9. The molecule has 1 fully saturated rings. The summed E-state index contributed by atoms with van der Waals surface area (Å²) in [6.07, 6.45) is 3.58. The standard InChI is InChI=1S/C26H38N4O/c1-4-30(5-2)23-13-14-25(28-20-22-11-9-21(3)10-12-22)24(19-23)26(27)31-18-8-17-29-15-6-7-16-29/h9-14,19,27-28H,4-8,15-18,20H2,1-3H3. The minimum absolute atomic E-state index is 0.252. The van der Waals surface area contributed by atoms with Gasteiger partial charge in [0.15, 0.2) is 0 Å². The van der Waals surface area contributed by atoms with Gasteiger partial charge >= 0.3 is 0 Å². The van der Waals surface area contributed by atoms with E-state index in [1.807, 2.05) is 0 Å². The van der Waals surface area contributed by atoms with Gasteiger partial charge in [0.1, 0.15) is 0 Å². The molecule has 0 atom stereocenters. The van der Waals surface area contributed by atoms with Crippen LogP contribution in [0.15, 0.2) is 42.5 Å². The molecule has 168 valence electrons. The lowest BCUT2D eigenvalue weighted by atomic mass is 10.1. The SMILES string of the molecule is CCN(CC)c1ccc(NCc2ccc(C)cc2)c(C(=N)OCCCN2CCCC2)c1. The lowest BCUT2D eigenvalue weighted by Gasteiger charge is -2.23. The van der Waals surface area contributed by atoms with E-state index in [4.69, 9.17) is 10.1 Å². The van der Waals surface area contributed by atoms with E-state index in [9.17, 15) is 0 Å². The Morgan fingerprint density at radius 1 is 1.06 bits per heavy atom. The van der Waals surface area contributed by atoms with Crippen LogP contribution in [0, 0.1) is 12.3 Å². The van der Waals surface area contributed by atoms with Crippen LogP contribution in [0.4, 0.5) is 11.4 Å². The first-order valence-electron chi connectivity index (χ1n) is 11.7. The Bertz CT molecular complexity index is 824. The first kappa shape index (κ1) is 23.1. The van der Waals surface area contributed by atoms with Crippen LogP contribution in [0.5, 0.6) is 0 Å². The van der Waals surface area contributed by atoms with Crippen molar-refractivity contribution >= 4 is 17.3 Å². The van der Waals surface area contributed by atoms with Gasteiger partial charge in [-0.1, -0.05) is 29.8 Å². The predicted molar refractivity (Wildman–Crippen MR) is 132 cm³/mol. The largest absolute Gasteiger partial charge is 0.478 e. The van der Waals surface area contributed by atoms with Crippen molar-refractivity contribution in [2.45, 2.75) is 46.6 Å². The normalized spacial score (nSPS) is 13.9. The smallest absolute Gasteiger partial charge is 0.215 e. The zero-order valence-corrected chi connectivity index (χ0v) is 19.4. The summed E-state index contributed by atoms with van der Waals surface area (Å²) in [6.45, 7) is 13.1. The molecular formula is C26H38N4O. The summed E-state index contributed by atoms with van der Waals surface area (Å²) in [4.78, 5) is 4.79. The molecule has 0 amide bonds. The van der Waals surface area contributed by atoms with Crippen LogP contribution in [-0.4, -0.2) is 50.1 Å². The molecule has 0 aromatic heterocycles. The molecule has 31 heavy (non-hydrogen) atoms. The van der Waals surface area contributed by atoms with Crippen molar-refractivity contribution in [3.63, 3.8) is 0 Å². The molecule has 0 unspecified atom stereocenters. The molecule has 0 bridgehead atoms. The number of likely N-dealkylation sites (tertiary alicyclic amines) is 1. The molecule has 0 radical (unpaired) electrons. The molecule has 0 aliphatic carbocycles. The summed E-state index contributed by atoms with van der Waals surface area (Å²) in [7, 11) is 0. The molecule has 1 aliphatic rings. The molecule has 2 aromatic carbocycles. The fourth-order valence-electron chi connectivity index (χ4n) is 4.11. The second-order valence-corrected chi connectivity index (χ2v) is 8.32. The minimum atomic E-state index is 0.252.